The number of nitriles is 2. The van der Waals surface area contributed by atoms with Gasteiger partial charge in [0, 0.05) is 9.79 Å². The first-order valence-corrected chi connectivity index (χ1v) is 12.8. The van der Waals surface area contributed by atoms with Gasteiger partial charge < -0.3 is 5.73 Å². The highest BCUT2D eigenvalue weighted by molar-refractivity contribution is 7.98. The maximum absolute atomic E-state index is 13.2. The maximum atomic E-state index is 13.2. The molecule has 5 nitrogen and oxygen atoms in total. The summed E-state index contributed by atoms with van der Waals surface area (Å²) in [6.45, 7) is 0. The molecule has 4 rings (SSSR count). The van der Waals surface area contributed by atoms with Crippen LogP contribution in [0, 0.1) is 22.7 Å². The van der Waals surface area contributed by atoms with E-state index in [1.807, 2.05) is 61.0 Å². The number of nitrogens with zero attached hydrogens (tertiary/aromatic N) is 3. The number of fused-ring (bicyclic) bond motifs is 1. The molecule has 0 amide bonds. The average molecular weight is 475 g/mol. The third kappa shape index (κ3) is 3.78. The van der Waals surface area contributed by atoms with Crippen LogP contribution >= 0.6 is 34.9 Å². The first-order chi connectivity index (χ1) is 15.5. The van der Waals surface area contributed by atoms with Crippen molar-refractivity contribution in [3.8, 4) is 12.1 Å². The van der Waals surface area contributed by atoms with Gasteiger partial charge >= 0.3 is 0 Å². The molecule has 8 heteroatoms. The van der Waals surface area contributed by atoms with Crippen molar-refractivity contribution >= 4 is 52.3 Å². The summed E-state index contributed by atoms with van der Waals surface area (Å²) < 4.78 is 2.24. The molecule has 158 valence electrons. The third-order valence-electron chi connectivity index (χ3n) is 5.25. The van der Waals surface area contributed by atoms with Crippen LogP contribution in [0.5, 0.6) is 0 Å². The zero-order chi connectivity index (χ0) is 22.8. The lowest BCUT2D eigenvalue weighted by Gasteiger charge is -2.22. The standard InChI is InChI=1S/C24H18N4OS3/c1-30-16-7-3-14(4-8-16)11-20-23(29)28-22(27)18(12-25)21(19(13-26)24(28)32-20)15-5-9-17(31-2)10-6-15/h3-11,21H,27H2,1-2H3/b20-11+. The number of nitrogens with two attached hydrogens (primary N) is 1. The molecule has 0 radical (unpaired) electrons. The van der Waals surface area contributed by atoms with E-state index in [1.165, 1.54) is 15.9 Å². The van der Waals surface area contributed by atoms with Crippen molar-refractivity contribution in [3.63, 3.8) is 0 Å². The summed E-state index contributed by atoms with van der Waals surface area (Å²) in [5.74, 6) is -0.522. The smallest absolute Gasteiger partial charge is 0.274 e. The molecule has 32 heavy (non-hydrogen) atoms. The van der Waals surface area contributed by atoms with E-state index >= 15 is 0 Å². The Hall–Kier alpha value is -3.17. The van der Waals surface area contributed by atoms with Crippen molar-refractivity contribution < 1.29 is 0 Å². The zero-order valence-corrected chi connectivity index (χ0v) is 19.8. The van der Waals surface area contributed by atoms with E-state index < -0.39 is 5.92 Å². The van der Waals surface area contributed by atoms with Crippen LogP contribution in [0.1, 0.15) is 17.0 Å². The average Bonchev–Trinajstić information content (AvgIpc) is 3.15. The molecule has 0 fully saturated rings. The van der Waals surface area contributed by atoms with Gasteiger partial charge in [-0.25, -0.2) is 0 Å². The Kier molecular flexibility index (Phi) is 6.29. The van der Waals surface area contributed by atoms with Crippen LogP contribution in [0.4, 0.5) is 0 Å². The molecule has 1 aliphatic heterocycles. The number of allylic oxidation sites excluding steroid dienone is 1. The van der Waals surface area contributed by atoms with E-state index in [0.29, 0.717) is 14.8 Å². The quantitative estimate of drug-likeness (QED) is 0.583. The fraction of sp³-hybridized carbons (Fsp3) is 0.125. The van der Waals surface area contributed by atoms with Crippen molar-refractivity contribution in [1.29, 1.82) is 10.5 Å². The summed E-state index contributed by atoms with van der Waals surface area (Å²) in [5, 5.41) is 19.9. The highest BCUT2D eigenvalue weighted by Crippen LogP contribution is 2.36. The van der Waals surface area contributed by atoms with E-state index in [4.69, 9.17) is 5.73 Å². The SMILES string of the molecule is CSc1ccc(/C=c2/sc3n(c2=O)C(N)=C(C#N)C(c2ccc(SC)cc2)C=3C#N)cc1. The summed E-state index contributed by atoms with van der Waals surface area (Å²) in [6.07, 6.45) is 5.78. The Labute approximate surface area is 197 Å². The lowest BCUT2D eigenvalue weighted by molar-refractivity contribution is 0.905. The Morgan fingerprint density at radius 1 is 0.969 bits per heavy atom. The number of benzene rings is 2. The molecule has 0 spiro atoms. The summed E-state index contributed by atoms with van der Waals surface area (Å²) >= 11 is 4.48. The van der Waals surface area contributed by atoms with Gasteiger partial charge in [-0.3, -0.25) is 9.36 Å². The van der Waals surface area contributed by atoms with Gasteiger partial charge in [-0.05, 0) is 54.0 Å². The Morgan fingerprint density at radius 2 is 1.53 bits per heavy atom. The molecule has 1 aliphatic rings. The maximum Gasteiger partial charge on any atom is 0.274 e. The monoisotopic (exact) mass is 474 g/mol. The van der Waals surface area contributed by atoms with Crippen molar-refractivity contribution in [2.45, 2.75) is 15.7 Å². The van der Waals surface area contributed by atoms with Crippen molar-refractivity contribution in [2.24, 2.45) is 5.73 Å². The predicted octanol–water partition coefficient (Wildman–Crippen LogP) is 3.30. The minimum atomic E-state index is -0.604. The minimum Gasteiger partial charge on any atom is -0.384 e. The van der Waals surface area contributed by atoms with Crippen molar-refractivity contribution in [3.05, 3.63) is 84.8 Å². The van der Waals surface area contributed by atoms with Crippen LogP contribution in [0.2, 0.25) is 0 Å². The molecule has 2 heterocycles. The zero-order valence-electron chi connectivity index (χ0n) is 17.3. The Morgan fingerprint density at radius 3 is 2.06 bits per heavy atom. The van der Waals surface area contributed by atoms with Crippen molar-refractivity contribution in [2.75, 3.05) is 12.5 Å². The van der Waals surface area contributed by atoms with Crippen LogP contribution in [-0.4, -0.2) is 17.1 Å². The molecular formula is C24H18N4OS3. The first kappa shape index (κ1) is 22.0. The fourth-order valence-corrected chi connectivity index (χ4v) is 5.58. The lowest BCUT2D eigenvalue weighted by atomic mass is 9.84. The fourth-order valence-electron chi connectivity index (χ4n) is 3.63. The molecule has 0 bridgehead atoms. The molecule has 1 aromatic heterocycles. The largest absolute Gasteiger partial charge is 0.384 e. The molecule has 0 aliphatic carbocycles. The Bertz CT molecular complexity index is 1480. The van der Waals surface area contributed by atoms with Gasteiger partial charge in [0.05, 0.1) is 33.7 Å². The highest BCUT2D eigenvalue weighted by atomic mass is 32.2. The van der Waals surface area contributed by atoms with E-state index in [2.05, 4.69) is 12.1 Å². The van der Waals surface area contributed by atoms with Gasteiger partial charge in [0.1, 0.15) is 10.5 Å². The van der Waals surface area contributed by atoms with Crippen LogP contribution < -0.4 is 20.5 Å². The van der Waals surface area contributed by atoms with E-state index in [1.54, 1.807) is 29.6 Å². The molecule has 3 aromatic rings. The molecular weight excluding hydrogens is 456 g/mol. The number of aromatic nitrogens is 1. The van der Waals surface area contributed by atoms with Crippen LogP contribution in [0.15, 0.2) is 68.7 Å². The molecule has 1 atom stereocenters. The topological polar surface area (TPSA) is 95.6 Å². The molecule has 0 saturated carbocycles. The van der Waals surface area contributed by atoms with Gasteiger partial charge in [-0.2, -0.15) is 10.5 Å². The number of rotatable bonds is 4. The summed E-state index contributed by atoms with van der Waals surface area (Å²) in [7, 11) is 0. The second-order valence-corrected chi connectivity index (χ2v) is 9.76. The van der Waals surface area contributed by atoms with Gasteiger partial charge in [-0.1, -0.05) is 24.3 Å². The van der Waals surface area contributed by atoms with Gasteiger partial charge in [0.2, 0.25) is 0 Å². The van der Waals surface area contributed by atoms with Gasteiger partial charge in [0.15, 0.2) is 0 Å². The second-order valence-electron chi connectivity index (χ2n) is 6.97. The molecule has 2 N–H and O–H groups in total. The van der Waals surface area contributed by atoms with Crippen molar-refractivity contribution in [1.82, 2.24) is 4.57 Å². The van der Waals surface area contributed by atoms with Crippen LogP contribution in [-0.2, 0) is 0 Å². The molecule has 2 aromatic carbocycles. The number of thioether (sulfide) groups is 2. The molecule has 0 saturated heterocycles. The lowest BCUT2D eigenvalue weighted by Crippen LogP contribution is -2.38. The van der Waals surface area contributed by atoms with Gasteiger partial charge in [-0.15, -0.1) is 34.9 Å². The number of hydrogen-bond donors (Lipinski definition) is 1. The second kappa shape index (κ2) is 9.13. The van der Waals surface area contributed by atoms with Crippen LogP contribution in [0.25, 0.3) is 17.5 Å². The van der Waals surface area contributed by atoms with E-state index in [-0.39, 0.29) is 17.0 Å². The summed E-state index contributed by atoms with van der Waals surface area (Å²) in [6, 6.07) is 20.0. The highest BCUT2D eigenvalue weighted by Gasteiger charge is 2.32. The summed E-state index contributed by atoms with van der Waals surface area (Å²) in [4.78, 5) is 15.4. The predicted molar refractivity (Wildman–Crippen MR) is 133 cm³/mol. The first-order valence-electron chi connectivity index (χ1n) is 9.58. The van der Waals surface area contributed by atoms with E-state index in [9.17, 15) is 15.3 Å². The van der Waals surface area contributed by atoms with E-state index in [0.717, 1.165) is 20.9 Å². The Balaban J connectivity index is 1.97. The van der Waals surface area contributed by atoms with Gasteiger partial charge in [0.25, 0.3) is 5.56 Å². The van der Waals surface area contributed by atoms with Crippen LogP contribution in [0.3, 0.4) is 0 Å². The number of hydrogen-bond acceptors (Lipinski definition) is 7. The summed E-state index contributed by atoms with van der Waals surface area (Å²) in [5.41, 5.74) is 8.24. The normalized spacial score (nSPS) is 15.9. The number of thiazole rings is 1. The molecule has 1 unspecified atom stereocenters. The third-order valence-corrected chi connectivity index (χ3v) is 7.85. The minimum absolute atomic E-state index is 0.0825.